The molecule has 1 heterocycles. The average molecular weight is 435 g/mol. The molecule has 1 amide bonds. The van der Waals surface area contributed by atoms with Gasteiger partial charge in [-0.05, 0) is 47.8 Å². The van der Waals surface area contributed by atoms with Crippen LogP contribution in [0.3, 0.4) is 0 Å². The summed E-state index contributed by atoms with van der Waals surface area (Å²) >= 11 is 1.12. The smallest absolute Gasteiger partial charge is 0.271 e. The predicted octanol–water partition coefficient (Wildman–Crippen LogP) is 3.84. The van der Waals surface area contributed by atoms with Crippen LogP contribution in [0.4, 0.5) is 10.1 Å². The van der Waals surface area contributed by atoms with Crippen molar-refractivity contribution >= 4 is 33.0 Å². The van der Waals surface area contributed by atoms with Crippen molar-refractivity contribution in [1.82, 2.24) is 4.90 Å². The Kier molecular flexibility index (Phi) is 6.50. The second kappa shape index (κ2) is 9.06. The molecule has 1 N–H and O–H groups in total. The second-order valence-electron chi connectivity index (χ2n) is 6.12. The van der Waals surface area contributed by atoms with Crippen LogP contribution in [0, 0.1) is 5.82 Å². The van der Waals surface area contributed by atoms with Crippen molar-refractivity contribution in [1.29, 1.82) is 0 Å². The van der Waals surface area contributed by atoms with E-state index in [9.17, 15) is 17.6 Å². The fourth-order valence-electron chi connectivity index (χ4n) is 2.48. The van der Waals surface area contributed by atoms with Crippen LogP contribution in [0.25, 0.3) is 0 Å². The highest BCUT2D eigenvalue weighted by Crippen LogP contribution is 2.21. The highest BCUT2D eigenvalue weighted by Gasteiger charge is 2.16. The molecule has 2 aromatic carbocycles. The summed E-state index contributed by atoms with van der Waals surface area (Å²) in [5.41, 5.74) is 0.762. The normalized spacial score (nSPS) is 11.1. The van der Waals surface area contributed by atoms with E-state index < -0.39 is 15.8 Å². The van der Waals surface area contributed by atoms with E-state index in [0.717, 1.165) is 11.3 Å². The first kappa shape index (κ1) is 20.8. The average Bonchev–Trinajstić information content (AvgIpc) is 3.25. The van der Waals surface area contributed by atoms with Crippen LogP contribution in [0.5, 0.6) is 5.75 Å². The van der Waals surface area contributed by atoms with E-state index in [-0.39, 0.29) is 29.0 Å². The first-order valence-electron chi connectivity index (χ1n) is 8.66. The summed E-state index contributed by atoms with van der Waals surface area (Å²) in [5.74, 6) is -0.576. The molecule has 3 aromatic rings. The van der Waals surface area contributed by atoms with Crippen molar-refractivity contribution in [3.8, 4) is 5.75 Å². The lowest BCUT2D eigenvalue weighted by atomic mass is 10.2. The Morgan fingerprint density at radius 2 is 1.83 bits per heavy atom. The van der Waals surface area contributed by atoms with Gasteiger partial charge in [0.25, 0.3) is 15.9 Å². The fraction of sp³-hybridized carbons (Fsp3) is 0.150. The molecule has 0 aliphatic rings. The fourth-order valence-corrected chi connectivity index (χ4v) is 4.53. The van der Waals surface area contributed by atoms with Crippen molar-refractivity contribution in [2.24, 2.45) is 0 Å². The number of carbonyl (C=O) groups is 1. The summed E-state index contributed by atoms with van der Waals surface area (Å²) in [6.45, 7) is 0.405. The van der Waals surface area contributed by atoms with Crippen LogP contribution in [0.2, 0.25) is 0 Å². The molecule has 1 aromatic heterocycles. The molecule has 0 aliphatic heterocycles. The molecule has 0 radical (unpaired) electrons. The number of hydrogen-bond donors (Lipinski definition) is 1. The Morgan fingerprint density at radius 3 is 2.48 bits per heavy atom. The second-order valence-corrected chi connectivity index (χ2v) is 8.98. The zero-order chi connectivity index (χ0) is 20.9. The zero-order valence-electron chi connectivity index (χ0n) is 15.5. The third kappa shape index (κ3) is 5.33. The third-order valence-corrected chi connectivity index (χ3v) is 6.79. The SMILES string of the molecule is CN(CCOc1ccccc1F)C(=O)c1ccc(NS(=O)(=O)c2cccs2)cc1. The number of nitrogens with zero attached hydrogens (tertiary/aromatic N) is 1. The minimum absolute atomic E-state index is 0.135. The van der Waals surface area contributed by atoms with Gasteiger partial charge in [-0.2, -0.15) is 0 Å². The summed E-state index contributed by atoms with van der Waals surface area (Å²) in [6.07, 6.45) is 0. The van der Waals surface area contributed by atoms with Gasteiger partial charge in [0.2, 0.25) is 0 Å². The largest absolute Gasteiger partial charge is 0.489 e. The number of carbonyl (C=O) groups excluding carboxylic acids is 1. The molecule has 3 rings (SSSR count). The molecule has 9 heteroatoms. The monoisotopic (exact) mass is 434 g/mol. The summed E-state index contributed by atoms with van der Waals surface area (Å²) in [5, 5.41) is 1.68. The number of rotatable bonds is 8. The standard InChI is InChI=1S/C20H19FN2O4S2/c1-23(12-13-27-18-6-3-2-5-17(18)21)20(24)15-8-10-16(11-9-15)22-29(25,26)19-7-4-14-28-19/h2-11,14,22H,12-13H2,1H3. The maximum atomic E-state index is 13.5. The maximum absolute atomic E-state index is 13.5. The van der Waals surface area contributed by atoms with Crippen LogP contribution in [0.1, 0.15) is 10.4 Å². The first-order chi connectivity index (χ1) is 13.9. The summed E-state index contributed by atoms with van der Waals surface area (Å²) in [7, 11) is -2.02. The van der Waals surface area contributed by atoms with E-state index >= 15 is 0 Å². The maximum Gasteiger partial charge on any atom is 0.271 e. The Morgan fingerprint density at radius 1 is 1.10 bits per heavy atom. The molecular formula is C20H19FN2O4S2. The highest BCUT2D eigenvalue weighted by molar-refractivity contribution is 7.94. The summed E-state index contributed by atoms with van der Waals surface area (Å²) < 4.78 is 46.0. The van der Waals surface area contributed by atoms with Crippen LogP contribution >= 0.6 is 11.3 Å². The number of nitrogens with one attached hydrogen (secondary N) is 1. The number of hydrogen-bond acceptors (Lipinski definition) is 5. The van der Waals surface area contributed by atoms with Crippen LogP contribution in [-0.4, -0.2) is 39.4 Å². The van der Waals surface area contributed by atoms with E-state index in [2.05, 4.69) is 4.72 Å². The molecule has 6 nitrogen and oxygen atoms in total. The van der Waals surface area contributed by atoms with Gasteiger partial charge in [-0.3, -0.25) is 9.52 Å². The topological polar surface area (TPSA) is 75.7 Å². The quantitative estimate of drug-likeness (QED) is 0.585. The van der Waals surface area contributed by atoms with Gasteiger partial charge in [0, 0.05) is 18.3 Å². The molecule has 152 valence electrons. The molecule has 29 heavy (non-hydrogen) atoms. The number of para-hydroxylation sites is 1. The van der Waals surface area contributed by atoms with Gasteiger partial charge >= 0.3 is 0 Å². The van der Waals surface area contributed by atoms with Gasteiger partial charge in [-0.25, -0.2) is 12.8 Å². The number of ether oxygens (including phenoxy) is 1. The van der Waals surface area contributed by atoms with Crippen LogP contribution in [0.15, 0.2) is 70.3 Å². The molecule has 0 saturated heterocycles. The number of benzene rings is 2. The van der Waals surface area contributed by atoms with Crippen molar-refractivity contribution < 1.29 is 22.3 Å². The zero-order valence-corrected chi connectivity index (χ0v) is 17.2. The van der Waals surface area contributed by atoms with Gasteiger partial charge < -0.3 is 9.64 Å². The van der Waals surface area contributed by atoms with E-state index in [0.29, 0.717) is 11.3 Å². The molecule has 0 unspecified atom stereocenters. The first-order valence-corrected chi connectivity index (χ1v) is 11.0. The Labute approximate surface area is 172 Å². The van der Waals surface area contributed by atoms with E-state index in [1.807, 2.05) is 0 Å². The highest BCUT2D eigenvalue weighted by atomic mass is 32.2. The van der Waals surface area contributed by atoms with E-state index in [1.54, 1.807) is 42.8 Å². The number of amides is 1. The predicted molar refractivity (Wildman–Crippen MR) is 110 cm³/mol. The Bertz CT molecular complexity index is 1070. The van der Waals surface area contributed by atoms with Gasteiger partial charge in [0.15, 0.2) is 11.6 Å². The molecule has 0 bridgehead atoms. The van der Waals surface area contributed by atoms with Crippen LogP contribution in [-0.2, 0) is 10.0 Å². The molecule has 0 atom stereocenters. The van der Waals surface area contributed by atoms with Gasteiger partial charge in [0.1, 0.15) is 10.8 Å². The minimum Gasteiger partial charge on any atom is -0.489 e. The van der Waals surface area contributed by atoms with Crippen LogP contribution < -0.4 is 9.46 Å². The van der Waals surface area contributed by atoms with Crippen molar-refractivity contribution in [2.75, 3.05) is 24.9 Å². The summed E-state index contributed by atoms with van der Waals surface area (Å²) in [4.78, 5) is 13.9. The van der Waals surface area contributed by atoms with Gasteiger partial charge in [0.05, 0.1) is 6.54 Å². The van der Waals surface area contributed by atoms with Gasteiger partial charge in [-0.1, -0.05) is 18.2 Å². The Balaban J connectivity index is 1.56. The molecule has 0 spiro atoms. The lowest BCUT2D eigenvalue weighted by molar-refractivity contribution is 0.0773. The third-order valence-electron chi connectivity index (χ3n) is 4.01. The van der Waals surface area contributed by atoms with Gasteiger partial charge in [-0.15, -0.1) is 11.3 Å². The van der Waals surface area contributed by atoms with E-state index in [4.69, 9.17) is 4.74 Å². The van der Waals surface area contributed by atoms with Crippen molar-refractivity contribution in [3.05, 3.63) is 77.4 Å². The number of likely N-dealkylation sites (N-methyl/N-ethyl adjacent to an activating group) is 1. The molecular weight excluding hydrogens is 415 g/mol. The lowest BCUT2D eigenvalue weighted by Gasteiger charge is -2.18. The molecule has 0 saturated carbocycles. The number of thiophene rings is 1. The molecule has 0 aliphatic carbocycles. The Hall–Kier alpha value is -2.91. The minimum atomic E-state index is -3.64. The lowest BCUT2D eigenvalue weighted by Crippen LogP contribution is -2.30. The van der Waals surface area contributed by atoms with Crippen molar-refractivity contribution in [2.45, 2.75) is 4.21 Å². The summed E-state index contributed by atoms with van der Waals surface area (Å²) in [6, 6.07) is 15.4. The number of halogens is 1. The van der Waals surface area contributed by atoms with Crippen molar-refractivity contribution in [3.63, 3.8) is 0 Å². The molecule has 0 fully saturated rings. The number of anilines is 1. The number of sulfonamides is 1. The van der Waals surface area contributed by atoms with E-state index in [1.165, 1.54) is 35.2 Å².